The zero-order valence-electron chi connectivity index (χ0n) is 8.24. The average molecular weight is 159 g/mol. The lowest BCUT2D eigenvalue weighted by atomic mass is 9.78. The highest BCUT2D eigenvalue weighted by atomic mass is 16.5. The summed E-state index contributed by atoms with van der Waals surface area (Å²) in [5.41, 5.74) is 0.342. The smallest absolute Gasteiger partial charge is 0.0644 e. The lowest BCUT2D eigenvalue weighted by Crippen LogP contribution is -2.52. The molecule has 1 saturated carbocycles. The van der Waals surface area contributed by atoms with Crippen molar-refractivity contribution in [2.24, 2.45) is 0 Å². The summed E-state index contributed by atoms with van der Waals surface area (Å²) in [6.07, 6.45) is 3.90. The second-order valence-electron chi connectivity index (χ2n) is 2.82. The largest absolute Gasteiger partial charge is 0.383 e. The Hall–Kier alpha value is -0.0800. The minimum Gasteiger partial charge on any atom is -0.383 e. The number of nitrogens with one attached hydrogen (secondary N) is 1. The minimum atomic E-state index is 0.342. The average Bonchev–Trinajstić information content (AvgIpc) is 2.01. The summed E-state index contributed by atoms with van der Waals surface area (Å²) >= 11 is 0. The number of hydrogen-bond acceptors (Lipinski definition) is 2. The highest BCUT2D eigenvalue weighted by Crippen LogP contribution is 2.31. The van der Waals surface area contributed by atoms with Crippen LogP contribution in [0.5, 0.6) is 0 Å². The van der Waals surface area contributed by atoms with Gasteiger partial charge in [-0.2, -0.15) is 0 Å². The third-order valence-corrected chi connectivity index (χ3v) is 2.26. The van der Waals surface area contributed by atoms with Crippen LogP contribution in [-0.4, -0.2) is 26.3 Å². The molecule has 0 bridgehead atoms. The number of rotatable bonds is 3. The van der Waals surface area contributed by atoms with Gasteiger partial charge in [0, 0.05) is 12.6 Å². The van der Waals surface area contributed by atoms with Gasteiger partial charge < -0.3 is 10.1 Å². The van der Waals surface area contributed by atoms with E-state index >= 15 is 0 Å². The molecule has 0 aliphatic heterocycles. The van der Waals surface area contributed by atoms with E-state index in [1.54, 1.807) is 7.11 Å². The fourth-order valence-corrected chi connectivity index (χ4v) is 1.35. The van der Waals surface area contributed by atoms with Crippen molar-refractivity contribution in [3.05, 3.63) is 0 Å². The van der Waals surface area contributed by atoms with Crippen molar-refractivity contribution >= 4 is 0 Å². The topological polar surface area (TPSA) is 21.3 Å². The van der Waals surface area contributed by atoms with Crippen LogP contribution in [0.1, 0.15) is 33.1 Å². The van der Waals surface area contributed by atoms with Crippen molar-refractivity contribution in [3.63, 3.8) is 0 Å². The van der Waals surface area contributed by atoms with Crippen LogP contribution in [-0.2, 0) is 4.74 Å². The summed E-state index contributed by atoms with van der Waals surface area (Å²) in [5.74, 6) is 0. The molecule has 2 nitrogen and oxygen atoms in total. The quantitative estimate of drug-likeness (QED) is 0.678. The van der Waals surface area contributed by atoms with Gasteiger partial charge in [-0.25, -0.2) is 0 Å². The third kappa shape index (κ3) is 2.80. The van der Waals surface area contributed by atoms with Gasteiger partial charge in [0.2, 0.25) is 0 Å². The third-order valence-electron chi connectivity index (χ3n) is 2.26. The first-order valence-corrected chi connectivity index (χ1v) is 4.51. The number of hydrogen-bond donors (Lipinski definition) is 1. The lowest BCUT2D eigenvalue weighted by molar-refractivity contribution is 0.0622. The Balaban J connectivity index is 0.000000461. The van der Waals surface area contributed by atoms with Crippen molar-refractivity contribution in [3.8, 4) is 0 Å². The van der Waals surface area contributed by atoms with Gasteiger partial charge in [0.25, 0.3) is 0 Å². The molecule has 0 aromatic rings. The molecule has 11 heavy (non-hydrogen) atoms. The van der Waals surface area contributed by atoms with Crippen molar-refractivity contribution in [1.29, 1.82) is 0 Å². The van der Waals surface area contributed by atoms with E-state index in [1.807, 2.05) is 20.9 Å². The number of methoxy groups -OCH3 is 1. The van der Waals surface area contributed by atoms with E-state index in [4.69, 9.17) is 4.74 Å². The molecule has 0 aromatic heterocycles. The van der Waals surface area contributed by atoms with Gasteiger partial charge in [0.05, 0.1) is 6.61 Å². The zero-order chi connectivity index (χ0) is 8.74. The van der Waals surface area contributed by atoms with Crippen molar-refractivity contribution < 1.29 is 4.74 Å². The summed E-state index contributed by atoms with van der Waals surface area (Å²) in [4.78, 5) is 0. The molecule has 0 atom stereocenters. The van der Waals surface area contributed by atoms with Crippen LogP contribution < -0.4 is 5.32 Å². The predicted octanol–water partition coefficient (Wildman–Crippen LogP) is 1.80. The normalized spacial score (nSPS) is 19.6. The van der Waals surface area contributed by atoms with Gasteiger partial charge in [-0.1, -0.05) is 13.8 Å². The predicted molar refractivity (Wildman–Crippen MR) is 48.9 cm³/mol. The van der Waals surface area contributed by atoms with Crippen molar-refractivity contribution in [1.82, 2.24) is 5.32 Å². The Morgan fingerprint density at radius 1 is 1.36 bits per heavy atom. The second kappa shape index (κ2) is 5.56. The van der Waals surface area contributed by atoms with Crippen molar-refractivity contribution in [2.75, 3.05) is 20.8 Å². The Morgan fingerprint density at radius 3 is 2.00 bits per heavy atom. The standard InChI is InChI=1S/C7H15NO.C2H6/c1-8-7(6-9-2)4-3-5-7;1-2/h8H,3-6H2,1-2H3;1-2H3. The molecule has 2 heteroatoms. The van der Waals surface area contributed by atoms with E-state index in [-0.39, 0.29) is 0 Å². The molecule has 68 valence electrons. The summed E-state index contributed by atoms with van der Waals surface area (Å²) in [5, 5.41) is 3.29. The molecule has 0 spiro atoms. The van der Waals surface area contributed by atoms with Gasteiger partial charge in [0.15, 0.2) is 0 Å². The molecular formula is C9H21NO. The van der Waals surface area contributed by atoms with E-state index in [0.29, 0.717) is 5.54 Å². The Labute approximate surface area is 70.3 Å². The van der Waals surface area contributed by atoms with Gasteiger partial charge in [-0.05, 0) is 26.3 Å². The van der Waals surface area contributed by atoms with Gasteiger partial charge in [0.1, 0.15) is 0 Å². The molecule has 1 fully saturated rings. The Bertz CT molecular complexity index is 84.1. The van der Waals surface area contributed by atoms with Crippen LogP contribution in [0.15, 0.2) is 0 Å². The molecule has 1 aliphatic carbocycles. The monoisotopic (exact) mass is 159 g/mol. The molecule has 0 radical (unpaired) electrons. The molecular weight excluding hydrogens is 138 g/mol. The zero-order valence-corrected chi connectivity index (χ0v) is 8.24. The molecule has 0 amide bonds. The SMILES string of the molecule is CC.CNC1(COC)CCC1. The summed E-state index contributed by atoms with van der Waals surface area (Å²) in [7, 11) is 3.77. The molecule has 0 unspecified atom stereocenters. The fraction of sp³-hybridized carbons (Fsp3) is 1.00. The van der Waals surface area contributed by atoms with Crippen LogP contribution in [0.25, 0.3) is 0 Å². The van der Waals surface area contributed by atoms with E-state index < -0.39 is 0 Å². The number of likely N-dealkylation sites (N-methyl/N-ethyl adjacent to an activating group) is 1. The fourth-order valence-electron chi connectivity index (χ4n) is 1.35. The van der Waals surface area contributed by atoms with Crippen LogP contribution in [0.2, 0.25) is 0 Å². The van der Waals surface area contributed by atoms with E-state index in [2.05, 4.69) is 5.32 Å². The van der Waals surface area contributed by atoms with E-state index in [1.165, 1.54) is 19.3 Å². The molecule has 1 aliphatic rings. The minimum absolute atomic E-state index is 0.342. The highest BCUT2D eigenvalue weighted by Gasteiger charge is 2.34. The van der Waals surface area contributed by atoms with E-state index in [9.17, 15) is 0 Å². The van der Waals surface area contributed by atoms with Crippen LogP contribution in [0.3, 0.4) is 0 Å². The van der Waals surface area contributed by atoms with E-state index in [0.717, 1.165) is 6.61 Å². The molecule has 1 N–H and O–H groups in total. The first kappa shape index (κ1) is 10.9. The molecule has 0 saturated heterocycles. The maximum atomic E-state index is 5.08. The van der Waals surface area contributed by atoms with Crippen molar-refractivity contribution in [2.45, 2.75) is 38.6 Å². The van der Waals surface area contributed by atoms with Gasteiger partial charge in [-0.15, -0.1) is 0 Å². The second-order valence-corrected chi connectivity index (χ2v) is 2.82. The summed E-state index contributed by atoms with van der Waals surface area (Å²) in [6, 6.07) is 0. The first-order chi connectivity index (χ1) is 5.33. The Morgan fingerprint density at radius 2 is 1.91 bits per heavy atom. The summed E-state index contributed by atoms with van der Waals surface area (Å²) in [6.45, 7) is 4.86. The molecule has 1 rings (SSSR count). The van der Waals surface area contributed by atoms with Crippen LogP contribution >= 0.6 is 0 Å². The summed E-state index contributed by atoms with van der Waals surface area (Å²) < 4.78 is 5.08. The maximum absolute atomic E-state index is 5.08. The Kier molecular flexibility index (Phi) is 5.51. The molecule has 0 heterocycles. The van der Waals surface area contributed by atoms with Crippen LogP contribution in [0.4, 0.5) is 0 Å². The first-order valence-electron chi connectivity index (χ1n) is 4.51. The maximum Gasteiger partial charge on any atom is 0.0644 e. The lowest BCUT2D eigenvalue weighted by Gasteiger charge is -2.41. The number of ether oxygens (including phenoxy) is 1. The van der Waals surface area contributed by atoms with Gasteiger partial charge >= 0.3 is 0 Å². The van der Waals surface area contributed by atoms with Gasteiger partial charge in [-0.3, -0.25) is 0 Å². The highest BCUT2D eigenvalue weighted by molar-refractivity contribution is 4.94. The molecule has 0 aromatic carbocycles. The van der Waals surface area contributed by atoms with Crippen LogP contribution in [0, 0.1) is 0 Å².